The lowest BCUT2D eigenvalue weighted by atomic mass is 9.88. The molecular weight excluding hydrogens is 190 g/mol. The number of carbonyl (C=O) groups is 1. The molecule has 0 spiro atoms. The van der Waals surface area contributed by atoms with Gasteiger partial charge in [0.15, 0.2) is 5.78 Å². The molecule has 0 aromatic carbocycles. The number of carbonyl (C=O) groups excluding carboxylic acids is 1. The van der Waals surface area contributed by atoms with Crippen LogP contribution in [-0.4, -0.2) is 41.0 Å². The van der Waals surface area contributed by atoms with Gasteiger partial charge < -0.3 is 10.0 Å². The van der Waals surface area contributed by atoms with Crippen molar-refractivity contribution in [3.63, 3.8) is 0 Å². The maximum atomic E-state index is 11.5. The number of hydrogen-bond donors (Lipinski definition) is 1. The average Bonchev–Trinajstić information content (AvgIpc) is 2.12. The topological polar surface area (TPSA) is 40.5 Å². The number of aliphatic hydroxyl groups is 1. The van der Waals surface area contributed by atoms with Gasteiger partial charge in [-0.2, -0.15) is 0 Å². The van der Waals surface area contributed by atoms with E-state index in [1.165, 1.54) is 6.92 Å². The molecule has 0 bridgehead atoms. The van der Waals surface area contributed by atoms with Crippen LogP contribution in [0, 0.1) is 5.92 Å². The first-order chi connectivity index (χ1) is 6.85. The molecule has 1 atom stereocenters. The number of rotatable bonds is 7. The minimum Gasteiger partial charge on any atom is -0.381 e. The lowest BCUT2D eigenvalue weighted by Crippen LogP contribution is -2.49. The summed E-state index contributed by atoms with van der Waals surface area (Å²) in [6.07, 6.45) is 0.541. The standard InChI is InChI=1S/C12H25NO2/c1-6-13(7-2)9-12(15,11(5)14)8-10(3)4/h10,15H,6-9H2,1-5H3. The second-order valence-corrected chi connectivity index (χ2v) is 4.65. The predicted molar refractivity (Wildman–Crippen MR) is 62.9 cm³/mol. The van der Waals surface area contributed by atoms with Crippen LogP contribution in [0.1, 0.15) is 41.0 Å². The molecule has 0 amide bonds. The molecule has 1 unspecified atom stereocenters. The van der Waals surface area contributed by atoms with E-state index in [4.69, 9.17) is 0 Å². The van der Waals surface area contributed by atoms with Crippen LogP contribution in [0.25, 0.3) is 0 Å². The van der Waals surface area contributed by atoms with E-state index in [9.17, 15) is 9.90 Å². The van der Waals surface area contributed by atoms with Gasteiger partial charge >= 0.3 is 0 Å². The SMILES string of the molecule is CCN(CC)CC(O)(CC(C)C)C(C)=O. The van der Waals surface area contributed by atoms with Crippen molar-refractivity contribution in [3.8, 4) is 0 Å². The molecule has 1 N–H and O–H groups in total. The van der Waals surface area contributed by atoms with Gasteiger partial charge in [-0.05, 0) is 32.4 Å². The molecule has 0 fully saturated rings. The van der Waals surface area contributed by atoms with Gasteiger partial charge in [0.25, 0.3) is 0 Å². The minimum atomic E-state index is -1.17. The molecule has 15 heavy (non-hydrogen) atoms. The van der Waals surface area contributed by atoms with Crippen molar-refractivity contribution in [2.75, 3.05) is 19.6 Å². The fourth-order valence-corrected chi connectivity index (χ4v) is 1.81. The van der Waals surface area contributed by atoms with Gasteiger partial charge in [0.05, 0.1) is 0 Å². The van der Waals surface area contributed by atoms with Crippen LogP contribution in [-0.2, 0) is 4.79 Å². The molecule has 0 aliphatic rings. The summed E-state index contributed by atoms with van der Waals surface area (Å²) in [6.45, 7) is 11.8. The van der Waals surface area contributed by atoms with Crippen LogP contribution in [0.5, 0.6) is 0 Å². The zero-order chi connectivity index (χ0) is 12.1. The molecule has 0 aromatic rings. The van der Waals surface area contributed by atoms with Crippen LogP contribution in [0.2, 0.25) is 0 Å². The van der Waals surface area contributed by atoms with Crippen LogP contribution < -0.4 is 0 Å². The Bertz CT molecular complexity index is 200. The quantitative estimate of drug-likeness (QED) is 0.702. The summed E-state index contributed by atoms with van der Waals surface area (Å²) in [6, 6.07) is 0. The fourth-order valence-electron chi connectivity index (χ4n) is 1.81. The Morgan fingerprint density at radius 2 is 1.80 bits per heavy atom. The van der Waals surface area contributed by atoms with Gasteiger partial charge in [0, 0.05) is 6.54 Å². The van der Waals surface area contributed by atoms with E-state index in [2.05, 4.69) is 4.90 Å². The van der Waals surface area contributed by atoms with Crippen molar-refractivity contribution in [1.29, 1.82) is 0 Å². The number of hydrogen-bond acceptors (Lipinski definition) is 3. The first kappa shape index (κ1) is 14.6. The predicted octanol–water partition coefficient (Wildman–Crippen LogP) is 1.69. The van der Waals surface area contributed by atoms with E-state index in [1.54, 1.807) is 0 Å². The van der Waals surface area contributed by atoms with Gasteiger partial charge in [-0.1, -0.05) is 27.7 Å². The molecule has 0 radical (unpaired) electrons. The van der Waals surface area contributed by atoms with Gasteiger partial charge in [-0.15, -0.1) is 0 Å². The number of ketones is 1. The number of nitrogens with zero attached hydrogens (tertiary/aromatic N) is 1. The molecular formula is C12H25NO2. The molecule has 3 heteroatoms. The highest BCUT2D eigenvalue weighted by atomic mass is 16.3. The number of Topliss-reactive ketones (excluding diaryl/α,β-unsaturated/α-hetero) is 1. The first-order valence-electron chi connectivity index (χ1n) is 5.81. The summed E-state index contributed by atoms with van der Waals surface area (Å²) in [7, 11) is 0. The normalized spacial score (nSPS) is 15.7. The van der Waals surface area contributed by atoms with Crippen molar-refractivity contribution >= 4 is 5.78 Å². The highest BCUT2D eigenvalue weighted by Crippen LogP contribution is 2.19. The van der Waals surface area contributed by atoms with Crippen LogP contribution in [0.15, 0.2) is 0 Å². The summed E-state index contributed by atoms with van der Waals surface area (Å²) in [4.78, 5) is 13.6. The maximum absolute atomic E-state index is 11.5. The lowest BCUT2D eigenvalue weighted by molar-refractivity contribution is -0.138. The third-order valence-corrected chi connectivity index (χ3v) is 2.78. The Balaban J connectivity index is 4.56. The summed E-state index contributed by atoms with van der Waals surface area (Å²) < 4.78 is 0. The van der Waals surface area contributed by atoms with Gasteiger partial charge in [0.2, 0.25) is 0 Å². The Labute approximate surface area is 93.5 Å². The van der Waals surface area contributed by atoms with Crippen LogP contribution in [0.3, 0.4) is 0 Å². The highest BCUT2D eigenvalue weighted by molar-refractivity contribution is 5.84. The maximum Gasteiger partial charge on any atom is 0.162 e. The van der Waals surface area contributed by atoms with Crippen molar-refractivity contribution in [2.24, 2.45) is 5.92 Å². The molecule has 0 aliphatic carbocycles. The first-order valence-corrected chi connectivity index (χ1v) is 5.81. The molecule has 0 heterocycles. The van der Waals surface area contributed by atoms with Gasteiger partial charge in [-0.25, -0.2) is 0 Å². The third kappa shape index (κ3) is 4.76. The Morgan fingerprint density at radius 1 is 1.33 bits per heavy atom. The average molecular weight is 215 g/mol. The van der Waals surface area contributed by atoms with Crippen LogP contribution >= 0.6 is 0 Å². The van der Waals surface area contributed by atoms with Crippen LogP contribution in [0.4, 0.5) is 0 Å². The van der Waals surface area contributed by atoms with Gasteiger partial charge in [0.1, 0.15) is 5.60 Å². The van der Waals surface area contributed by atoms with Crippen molar-refractivity contribution in [2.45, 2.75) is 46.6 Å². The Hall–Kier alpha value is -0.410. The molecule has 0 aromatic heterocycles. The molecule has 0 aliphatic heterocycles. The lowest BCUT2D eigenvalue weighted by Gasteiger charge is -2.32. The second kappa shape index (κ2) is 6.23. The summed E-state index contributed by atoms with van der Waals surface area (Å²) in [5.41, 5.74) is -1.17. The zero-order valence-corrected chi connectivity index (χ0v) is 10.7. The zero-order valence-electron chi connectivity index (χ0n) is 10.7. The monoisotopic (exact) mass is 215 g/mol. The second-order valence-electron chi connectivity index (χ2n) is 4.65. The third-order valence-electron chi connectivity index (χ3n) is 2.78. The fraction of sp³-hybridized carbons (Fsp3) is 0.917. The highest BCUT2D eigenvalue weighted by Gasteiger charge is 2.34. The summed E-state index contributed by atoms with van der Waals surface area (Å²) in [5, 5.41) is 10.3. The minimum absolute atomic E-state index is 0.122. The molecule has 90 valence electrons. The van der Waals surface area contributed by atoms with Gasteiger partial charge in [-0.3, -0.25) is 4.79 Å². The van der Waals surface area contributed by atoms with Crippen molar-refractivity contribution in [1.82, 2.24) is 4.90 Å². The summed E-state index contributed by atoms with van der Waals surface area (Å²) in [5.74, 6) is 0.206. The van der Waals surface area contributed by atoms with Crippen molar-refractivity contribution < 1.29 is 9.90 Å². The largest absolute Gasteiger partial charge is 0.381 e. The van der Waals surface area contributed by atoms with E-state index in [1.807, 2.05) is 27.7 Å². The number of likely N-dealkylation sites (N-methyl/N-ethyl adjacent to an activating group) is 1. The van der Waals surface area contributed by atoms with E-state index in [0.717, 1.165) is 13.1 Å². The van der Waals surface area contributed by atoms with E-state index in [-0.39, 0.29) is 5.78 Å². The van der Waals surface area contributed by atoms with Crippen molar-refractivity contribution in [3.05, 3.63) is 0 Å². The molecule has 0 saturated heterocycles. The molecule has 3 nitrogen and oxygen atoms in total. The van der Waals surface area contributed by atoms with E-state index < -0.39 is 5.60 Å². The Kier molecular flexibility index (Phi) is 6.06. The molecule has 0 saturated carbocycles. The smallest absolute Gasteiger partial charge is 0.162 e. The molecule has 0 rings (SSSR count). The Morgan fingerprint density at radius 3 is 2.07 bits per heavy atom. The summed E-state index contributed by atoms with van der Waals surface area (Å²) >= 11 is 0. The van der Waals surface area contributed by atoms with E-state index >= 15 is 0 Å². The van der Waals surface area contributed by atoms with E-state index in [0.29, 0.717) is 18.9 Å².